The molecule has 0 aliphatic carbocycles. The molecule has 7 heteroatoms. The number of nitrogens with two attached hydrogens (primary N) is 1. The summed E-state index contributed by atoms with van der Waals surface area (Å²) in [6.45, 7) is 0.777. The molecule has 1 aliphatic heterocycles. The summed E-state index contributed by atoms with van der Waals surface area (Å²) in [5, 5.41) is 9.17. The van der Waals surface area contributed by atoms with E-state index >= 15 is 0 Å². The third-order valence-electron chi connectivity index (χ3n) is 3.52. The molecule has 6 nitrogen and oxygen atoms in total. The highest BCUT2D eigenvalue weighted by Crippen LogP contribution is 2.23. The standard InChI is InChI=1S/C13H18N2O4S/c14-13(17)11-3-5-12(6-4-11)20(18,19)15-7-1-2-10(8-15)9-16/h3-6,10,16H,1-2,7-9H2,(H2,14,17). The maximum absolute atomic E-state index is 12.5. The number of rotatable bonds is 4. The van der Waals surface area contributed by atoms with Crippen molar-refractivity contribution in [3.8, 4) is 0 Å². The highest BCUT2D eigenvalue weighted by Gasteiger charge is 2.29. The van der Waals surface area contributed by atoms with Gasteiger partial charge in [-0.3, -0.25) is 4.79 Å². The minimum absolute atomic E-state index is 0.00731. The SMILES string of the molecule is NC(=O)c1ccc(S(=O)(=O)N2CCCC(CO)C2)cc1. The fourth-order valence-corrected chi connectivity index (χ4v) is 3.89. The van der Waals surface area contributed by atoms with Gasteiger partial charge in [-0.25, -0.2) is 8.42 Å². The summed E-state index contributed by atoms with van der Waals surface area (Å²) in [4.78, 5) is 11.1. The third kappa shape index (κ3) is 3.00. The van der Waals surface area contributed by atoms with Gasteiger partial charge in [0.15, 0.2) is 0 Å². The van der Waals surface area contributed by atoms with Gasteiger partial charge in [0, 0.05) is 25.3 Å². The molecule has 0 bridgehead atoms. The minimum Gasteiger partial charge on any atom is -0.396 e. The van der Waals surface area contributed by atoms with Crippen molar-refractivity contribution in [2.75, 3.05) is 19.7 Å². The molecule has 0 aromatic heterocycles. The molecule has 1 unspecified atom stereocenters. The Morgan fingerprint density at radius 2 is 2.00 bits per heavy atom. The molecule has 110 valence electrons. The fraction of sp³-hybridized carbons (Fsp3) is 0.462. The van der Waals surface area contributed by atoms with Crippen LogP contribution in [-0.2, 0) is 10.0 Å². The van der Waals surface area contributed by atoms with Gasteiger partial charge in [-0.15, -0.1) is 0 Å². The monoisotopic (exact) mass is 298 g/mol. The summed E-state index contributed by atoms with van der Waals surface area (Å²) in [6.07, 6.45) is 1.58. The number of nitrogens with zero attached hydrogens (tertiary/aromatic N) is 1. The van der Waals surface area contributed by atoms with Crippen LogP contribution in [0.3, 0.4) is 0 Å². The summed E-state index contributed by atoms with van der Waals surface area (Å²) in [6, 6.07) is 5.58. The Morgan fingerprint density at radius 3 is 2.55 bits per heavy atom. The van der Waals surface area contributed by atoms with Gasteiger partial charge in [0.25, 0.3) is 0 Å². The van der Waals surface area contributed by atoms with Crippen molar-refractivity contribution >= 4 is 15.9 Å². The molecule has 0 saturated carbocycles. The first kappa shape index (κ1) is 15.0. The van der Waals surface area contributed by atoms with E-state index in [1.54, 1.807) is 0 Å². The molecule has 1 amide bonds. The van der Waals surface area contributed by atoms with Crippen LogP contribution in [0.15, 0.2) is 29.2 Å². The summed E-state index contributed by atoms with van der Waals surface area (Å²) in [7, 11) is -3.58. The smallest absolute Gasteiger partial charge is 0.248 e. The zero-order valence-corrected chi connectivity index (χ0v) is 11.8. The second-order valence-electron chi connectivity index (χ2n) is 4.94. The Morgan fingerprint density at radius 1 is 1.35 bits per heavy atom. The Balaban J connectivity index is 2.23. The molecular formula is C13H18N2O4S. The van der Waals surface area contributed by atoms with E-state index in [1.165, 1.54) is 28.6 Å². The Kier molecular flexibility index (Phi) is 4.42. The van der Waals surface area contributed by atoms with E-state index in [2.05, 4.69) is 0 Å². The predicted molar refractivity (Wildman–Crippen MR) is 73.5 cm³/mol. The van der Waals surface area contributed by atoms with Crippen LogP contribution >= 0.6 is 0 Å². The average Bonchev–Trinajstić information content (AvgIpc) is 2.47. The molecule has 1 heterocycles. The molecule has 1 saturated heterocycles. The molecule has 1 aromatic rings. The molecule has 0 radical (unpaired) electrons. The summed E-state index contributed by atoms with van der Waals surface area (Å²) >= 11 is 0. The minimum atomic E-state index is -3.58. The summed E-state index contributed by atoms with van der Waals surface area (Å²) in [5.74, 6) is -0.601. The number of carbonyl (C=O) groups excluding carboxylic acids is 1. The van der Waals surface area contributed by atoms with Gasteiger partial charge in [0.1, 0.15) is 0 Å². The largest absolute Gasteiger partial charge is 0.396 e. The van der Waals surface area contributed by atoms with Crippen molar-refractivity contribution in [2.24, 2.45) is 11.7 Å². The van der Waals surface area contributed by atoms with Gasteiger partial charge in [0.2, 0.25) is 15.9 Å². The van der Waals surface area contributed by atoms with Gasteiger partial charge >= 0.3 is 0 Å². The first-order valence-corrected chi connectivity index (χ1v) is 7.90. The molecule has 1 aliphatic rings. The lowest BCUT2D eigenvalue weighted by atomic mass is 10.0. The second kappa shape index (κ2) is 5.90. The molecule has 0 spiro atoms. The number of amides is 1. The lowest BCUT2D eigenvalue weighted by molar-refractivity contribution is 0.1000. The summed E-state index contributed by atoms with van der Waals surface area (Å²) < 4.78 is 26.3. The van der Waals surface area contributed by atoms with E-state index in [0.29, 0.717) is 13.1 Å². The van der Waals surface area contributed by atoms with E-state index in [4.69, 9.17) is 10.8 Å². The fourth-order valence-electron chi connectivity index (χ4n) is 2.33. The van der Waals surface area contributed by atoms with Gasteiger partial charge in [-0.2, -0.15) is 4.31 Å². The lowest BCUT2D eigenvalue weighted by Gasteiger charge is -2.30. The van der Waals surface area contributed by atoms with Crippen LogP contribution in [0.1, 0.15) is 23.2 Å². The van der Waals surface area contributed by atoms with E-state index < -0.39 is 15.9 Å². The van der Waals surface area contributed by atoms with Crippen LogP contribution in [0, 0.1) is 5.92 Å². The topological polar surface area (TPSA) is 101 Å². The number of piperidine rings is 1. The quantitative estimate of drug-likeness (QED) is 0.828. The van der Waals surface area contributed by atoms with Crippen LogP contribution in [0.2, 0.25) is 0 Å². The van der Waals surface area contributed by atoms with Crippen molar-refractivity contribution in [3.05, 3.63) is 29.8 Å². The van der Waals surface area contributed by atoms with Gasteiger partial charge < -0.3 is 10.8 Å². The van der Waals surface area contributed by atoms with Gasteiger partial charge in [-0.05, 0) is 43.0 Å². The highest BCUT2D eigenvalue weighted by atomic mass is 32.2. The Hall–Kier alpha value is -1.44. The van der Waals surface area contributed by atoms with Gasteiger partial charge in [0.05, 0.1) is 4.90 Å². The molecule has 20 heavy (non-hydrogen) atoms. The normalized spacial score (nSPS) is 20.8. The van der Waals surface area contributed by atoms with Crippen LogP contribution < -0.4 is 5.73 Å². The number of primary amides is 1. The maximum Gasteiger partial charge on any atom is 0.248 e. The van der Waals surface area contributed by atoms with Crippen LogP contribution in [0.5, 0.6) is 0 Å². The number of benzene rings is 1. The van der Waals surface area contributed by atoms with Crippen molar-refractivity contribution in [1.29, 1.82) is 0 Å². The number of hydrogen-bond acceptors (Lipinski definition) is 4. The number of aliphatic hydroxyl groups is 1. The lowest BCUT2D eigenvalue weighted by Crippen LogP contribution is -2.40. The van der Waals surface area contributed by atoms with Crippen molar-refractivity contribution in [2.45, 2.75) is 17.7 Å². The van der Waals surface area contributed by atoms with Crippen molar-refractivity contribution in [3.63, 3.8) is 0 Å². The number of carbonyl (C=O) groups is 1. The zero-order valence-electron chi connectivity index (χ0n) is 11.0. The molecule has 1 aromatic carbocycles. The van der Waals surface area contributed by atoms with Crippen LogP contribution in [0.25, 0.3) is 0 Å². The van der Waals surface area contributed by atoms with E-state index in [1.807, 2.05) is 0 Å². The Labute approximate surface area is 118 Å². The number of sulfonamides is 1. The zero-order chi connectivity index (χ0) is 14.8. The molecule has 3 N–H and O–H groups in total. The predicted octanol–water partition coefficient (Wildman–Crippen LogP) is 0.178. The number of hydrogen-bond donors (Lipinski definition) is 2. The van der Waals surface area contributed by atoms with Gasteiger partial charge in [-0.1, -0.05) is 0 Å². The Bertz CT molecular complexity index is 583. The van der Waals surface area contributed by atoms with Crippen molar-refractivity contribution in [1.82, 2.24) is 4.31 Å². The molecule has 1 fully saturated rings. The first-order valence-electron chi connectivity index (χ1n) is 6.46. The molecule has 1 atom stereocenters. The summed E-state index contributed by atoms with van der Waals surface area (Å²) in [5.41, 5.74) is 5.40. The van der Waals surface area contributed by atoms with Crippen molar-refractivity contribution < 1.29 is 18.3 Å². The number of aliphatic hydroxyl groups excluding tert-OH is 1. The highest BCUT2D eigenvalue weighted by molar-refractivity contribution is 7.89. The van der Waals surface area contributed by atoms with Crippen LogP contribution in [0.4, 0.5) is 0 Å². The third-order valence-corrected chi connectivity index (χ3v) is 5.40. The molecular weight excluding hydrogens is 280 g/mol. The van der Waals surface area contributed by atoms with Crippen LogP contribution in [-0.4, -0.2) is 43.4 Å². The second-order valence-corrected chi connectivity index (χ2v) is 6.88. The van der Waals surface area contributed by atoms with E-state index in [0.717, 1.165) is 12.8 Å². The average molecular weight is 298 g/mol. The van der Waals surface area contributed by atoms with E-state index in [9.17, 15) is 13.2 Å². The first-order chi connectivity index (χ1) is 9.45. The molecule has 2 rings (SSSR count). The maximum atomic E-state index is 12.5. The van der Waals surface area contributed by atoms with E-state index in [-0.39, 0.29) is 23.0 Å².